The second-order valence-electron chi connectivity index (χ2n) is 7.86. The van der Waals surface area contributed by atoms with Gasteiger partial charge in [-0.05, 0) is 42.0 Å². The molecule has 2 aliphatic heterocycles. The summed E-state index contributed by atoms with van der Waals surface area (Å²) in [5.41, 5.74) is 9.17. The number of hydrogen-bond donors (Lipinski definition) is 4. The molecule has 31 heavy (non-hydrogen) atoms. The lowest BCUT2D eigenvalue weighted by Gasteiger charge is -2.37. The van der Waals surface area contributed by atoms with Gasteiger partial charge in [0, 0.05) is 37.1 Å². The zero-order valence-corrected chi connectivity index (χ0v) is 17.2. The van der Waals surface area contributed by atoms with Gasteiger partial charge in [-0.2, -0.15) is 0 Å². The van der Waals surface area contributed by atoms with Crippen molar-refractivity contribution in [3.8, 4) is 5.75 Å². The standard InChI is InChI=1S/C22H27N5O4/c23-20(25-26-24)15-3-7-18(8-4-15)31-19-9-11-27(12-10-19)21(28)16-1-5-17(6-2-16)22(29)13-30-14-22/h1-8,19,26,29H,9-14,24H2,(H2,23,25). The molecule has 0 saturated carbocycles. The van der Waals surface area contributed by atoms with E-state index in [1.165, 1.54) is 0 Å². The minimum Gasteiger partial charge on any atom is -0.490 e. The number of nitrogens with two attached hydrogens (primary N) is 2. The molecule has 0 spiro atoms. The summed E-state index contributed by atoms with van der Waals surface area (Å²) in [6.45, 7) is 1.84. The fourth-order valence-electron chi connectivity index (χ4n) is 3.78. The number of rotatable bonds is 6. The number of amidine groups is 1. The number of amides is 1. The molecule has 0 bridgehead atoms. The lowest BCUT2D eigenvalue weighted by molar-refractivity contribution is -0.184. The van der Waals surface area contributed by atoms with Crippen LogP contribution in [-0.2, 0) is 10.3 Å². The van der Waals surface area contributed by atoms with Crippen molar-refractivity contribution in [1.29, 1.82) is 0 Å². The van der Waals surface area contributed by atoms with Gasteiger partial charge in [0.25, 0.3) is 5.91 Å². The summed E-state index contributed by atoms with van der Waals surface area (Å²) < 4.78 is 11.1. The van der Waals surface area contributed by atoms with Gasteiger partial charge < -0.3 is 25.2 Å². The summed E-state index contributed by atoms with van der Waals surface area (Å²) in [6, 6.07) is 14.5. The van der Waals surface area contributed by atoms with Crippen molar-refractivity contribution in [3.63, 3.8) is 0 Å². The van der Waals surface area contributed by atoms with Crippen LogP contribution in [0.5, 0.6) is 5.75 Å². The Morgan fingerprint density at radius 2 is 1.71 bits per heavy atom. The summed E-state index contributed by atoms with van der Waals surface area (Å²) in [7, 11) is 0. The molecule has 2 aromatic rings. The van der Waals surface area contributed by atoms with Gasteiger partial charge in [-0.15, -0.1) is 5.10 Å². The maximum absolute atomic E-state index is 12.8. The van der Waals surface area contributed by atoms with Crippen molar-refractivity contribution in [2.75, 3.05) is 26.3 Å². The van der Waals surface area contributed by atoms with Gasteiger partial charge in [-0.3, -0.25) is 4.79 Å². The molecule has 2 saturated heterocycles. The molecule has 2 heterocycles. The third-order valence-electron chi connectivity index (χ3n) is 5.72. The SMILES string of the molecule is NN/N=C(\N)c1ccc(OC2CCN(C(=O)c3ccc(C4(O)COC4)cc3)CC2)cc1. The Morgan fingerprint density at radius 1 is 1.10 bits per heavy atom. The normalized spacial score (nSPS) is 18.9. The van der Waals surface area contributed by atoms with Crippen LogP contribution in [0.3, 0.4) is 0 Å². The Kier molecular flexibility index (Phi) is 6.08. The fourth-order valence-corrected chi connectivity index (χ4v) is 3.78. The molecule has 1 amide bonds. The molecule has 2 aromatic carbocycles. The minimum absolute atomic E-state index is 0.00511. The van der Waals surface area contributed by atoms with Crippen LogP contribution in [0, 0.1) is 0 Å². The van der Waals surface area contributed by atoms with Crippen LogP contribution in [-0.4, -0.2) is 54.2 Å². The van der Waals surface area contributed by atoms with E-state index in [4.69, 9.17) is 21.1 Å². The highest BCUT2D eigenvalue weighted by atomic mass is 16.5. The van der Waals surface area contributed by atoms with Crippen molar-refractivity contribution < 1.29 is 19.4 Å². The summed E-state index contributed by atoms with van der Waals surface area (Å²) >= 11 is 0. The van der Waals surface area contributed by atoms with Crippen LogP contribution < -0.4 is 21.8 Å². The molecule has 9 nitrogen and oxygen atoms in total. The highest BCUT2D eigenvalue weighted by molar-refractivity contribution is 5.97. The molecular weight excluding hydrogens is 398 g/mol. The minimum atomic E-state index is -0.921. The Morgan fingerprint density at radius 3 is 2.26 bits per heavy atom. The van der Waals surface area contributed by atoms with E-state index in [1.807, 2.05) is 29.2 Å². The largest absolute Gasteiger partial charge is 0.490 e. The Labute approximate surface area is 180 Å². The van der Waals surface area contributed by atoms with E-state index >= 15 is 0 Å². The molecule has 164 valence electrons. The van der Waals surface area contributed by atoms with Crippen molar-refractivity contribution in [3.05, 3.63) is 65.2 Å². The van der Waals surface area contributed by atoms with Gasteiger partial charge in [-0.1, -0.05) is 12.1 Å². The van der Waals surface area contributed by atoms with Crippen LogP contribution in [0.2, 0.25) is 0 Å². The number of benzene rings is 2. The number of aliphatic hydroxyl groups is 1. The van der Waals surface area contributed by atoms with Crippen molar-refractivity contribution in [1.82, 2.24) is 10.4 Å². The van der Waals surface area contributed by atoms with Crippen molar-refractivity contribution in [2.24, 2.45) is 16.7 Å². The number of carbonyl (C=O) groups is 1. The molecule has 6 N–H and O–H groups in total. The number of hydrogen-bond acceptors (Lipinski definition) is 7. The first-order valence-corrected chi connectivity index (χ1v) is 10.2. The summed E-state index contributed by atoms with van der Waals surface area (Å²) in [4.78, 5) is 14.7. The van der Waals surface area contributed by atoms with Gasteiger partial charge >= 0.3 is 0 Å². The maximum atomic E-state index is 12.8. The summed E-state index contributed by atoms with van der Waals surface area (Å²) in [6.07, 6.45) is 1.55. The van der Waals surface area contributed by atoms with Gasteiger partial charge in [0.2, 0.25) is 0 Å². The van der Waals surface area contributed by atoms with E-state index in [-0.39, 0.29) is 12.0 Å². The number of carbonyl (C=O) groups excluding carboxylic acids is 1. The van der Waals surface area contributed by atoms with Crippen molar-refractivity contribution >= 4 is 11.7 Å². The Balaban J connectivity index is 1.29. The average molecular weight is 425 g/mol. The van der Waals surface area contributed by atoms with Gasteiger partial charge in [0.15, 0.2) is 5.84 Å². The van der Waals surface area contributed by atoms with Gasteiger partial charge in [0.1, 0.15) is 17.5 Å². The lowest BCUT2D eigenvalue weighted by Crippen LogP contribution is -2.46. The predicted molar refractivity (Wildman–Crippen MR) is 115 cm³/mol. The molecule has 9 heteroatoms. The van der Waals surface area contributed by atoms with E-state index in [1.54, 1.807) is 24.3 Å². The molecule has 0 radical (unpaired) electrons. The molecular formula is C22H27N5O4. The van der Waals surface area contributed by atoms with E-state index in [9.17, 15) is 9.90 Å². The third-order valence-corrected chi connectivity index (χ3v) is 5.72. The molecule has 2 fully saturated rings. The van der Waals surface area contributed by atoms with E-state index in [0.29, 0.717) is 37.7 Å². The second kappa shape index (κ2) is 8.93. The number of ether oxygens (including phenoxy) is 2. The second-order valence-corrected chi connectivity index (χ2v) is 7.86. The third kappa shape index (κ3) is 4.63. The molecule has 0 atom stereocenters. The molecule has 4 rings (SSSR count). The Bertz CT molecular complexity index is 933. The number of nitrogens with one attached hydrogen (secondary N) is 1. The van der Waals surface area contributed by atoms with Gasteiger partial charge in [0.05, 0.1) is 13.2 Å². The Hall–Kier alpha value is -3.14. The highest BCUT2D eigenvalue weighted by Gasteiger charge is 2.38. The van der Waals surface area contributed by atoms with Crippen LogP contribution in [0.25, 0.3) is 0 Å². The predicted octanol–water partition coefficient (Wildman–Crippen LogP) is 0.672. The first-order valence-electron chi connectivity index (χ1n) is 10.2. The monoisotopic (exact) mass is 425 g/mol. The maximum Gasteiger partial charge on any atom is 0.253 e. The van der Waals surface area contributed by atoms with Crippen LogP contribution in [0.4, 0.5) is 0 Å². The number of likely N-dealkylation sites (tertiary alicyclic amines) is 1. The summed E-state index contributed by atoms with van der Waals surface area (Å²) in [5, 5.41) is 14.1. The van der Waals surface area contributed by atoms with E-state index in [2.05, 4.69) is 10.6 Å². The molecule has 0 aromatic heterocycles. The van der Waals surface area contributed by atoms with Crippen LogP contribution >= 0.6 is 0 Å². The van der Waals surface area contributed by atoms with Crippen molar-refractivity contribution in [2.45, 2.75) is 24.5 Å². The zero-order chi connectivity index (χ0) is 21.8. The topological polar surface area (TPSA) is 135 Å². The number of hydrazine groups is 1. The quantitative estimate of drug-likeness (QED) is 0.231. The lowest BCUT2D eigenvalue weighted by atomic mass is 9.91. The highest BCUT2D eigenvalue weighted by Crippen LogP contribution is 2.29. The van der Waals surface area contributed by atoms with E-state index in [0.717, 1.165) is 29.7 Å². The molecule has 2 aliphatic rings. The average Bonchev–Trinajstić information content (AvgIpc) is 2.78. The smallest absolute Gasteiger partial charge is 0.253 e. The summed E-state index contributed by atoms with van der Waals surface area (Å²) in [5.74, 6) is 6.17. The number of piperidine rings is 1. The van der Waals surface area contributed by atoms with E-state index < -0.39 is 5.60 Å². The van der Waals surface area contributed by atoms with Crippen LogP contribution in [0.1, 0.15) is 34.3 Å². The van der Waals surface area contributed by atoms with Gasteiger partial charge in [-0.25, -0.2) is 11.4 Å². The number of nitrogens with zero attached hydrogens (tertiary/aromatic N) is 2. The zero-order valence-electron chi connectivity index (χ0n) is 17.2. The first kappa shape index (κ1) is 21.1. The van der Waals surface area contributed by atoms with Crippen LogP contribution in [0.15, 0.2) is 53.6 Å². The first-order chi connectivity index (χ1) is 15.0. The molecule has 0 aliphatic carbocycles. The fraction of sp³-hybridized carbons (Fsp3) is 0.364. The molecule has 0 unspecified atom stereocenters. The number of hydrazone groups is 1.